The third kappa shape index (κ3) is 17.9. The largest absolute Gasteiger partial charge is 0.393 e. The van der Waals surface area contributed by atoms with E-state index in [4.69, 9.17) is 5.11 Å². The van der Waals surface area contributed by atoms with Gasteiger partial charge in [0, 0.05) is 0 Å². The second-order valence-corrected chi connectivity index (χ2v) is 3.91. The van der Waals surface area contributed by atoms with Crippen LogP contribution in [0, 0.1) is 0 Å². The van der Waals surface area contributed by atoms with E-state index in [1.165, 1.54) is 38.5 Å². The van der Waals surface area contributed by atoms with Crippen LogP contribution in [0.4, 0.5) is 0 Å². The molecule has 0 aromatic rings. The number of aliphatic hydroxyl groups excluding tert-OH is 1. The molecule has 0 bridgehead atoms. The molecule has 0 rings (SSSR count). The number of hydrogen-bond donors (Lipinski definition) is 1. The average molecular weight is 202 g/mol. The predicted molar refractivity (Wildman–Crippen MR) is 65.6 cm³/mol. The number of rotatable bonds is 7. The van der Waals surface area contributed by atoms with E-state index in [0.717, 1.165) is 12.8 Å². The van der Waals surface area contributed by atoms with E-state index in [9.17, 15) is 0 Å². The van der Waals surface area contributed by atoms with E-state index in [0.29, 0.717) is 0 Å². The molecular formula is C13H30O. The van der Waals surface area contributed by atoms with Crippen LogP contribution in [0.1, 0.15) is 79.1 Å². The third-order valence-electron chi connectivity index (χ3n) is 2.32. The van der Waals surface area contributed by atoms with E-state index >= 15 is 0 Å². The van der Waals surface area contributed by atoms with Gasteiger partial charge in [-0.3, -0.25) is 0 Å². The summed E-state index contributed by atoms with van der Waals surface area (Å²) in [7, 11) is 0. The van der Waals surface area contributed by atoms with Gasteiger partial charge in [0.25, 0.3) is 0 Å². The van der Waals surface area contributed by atoms with Gasteiger partial charge >= 0.3 is 0 Å². The Morgan fingerprint density at radius 3 is 1.57 bits per heavy atom. The second-order valence-electron chi connectivity index (χ2n) is 3.91. The molecule has 0 spiro atoms. The molecular weight excluding hydrogens is 172 g/mol. The van der Waals surface area contributed by atoms with Crippen molar-refractivity contribution < 1.29 is 5.11 Å². The molecule has 1 nitrogen and oxygen atoms in total. The monoisotopic (exact) mass is 202 g/mol. The highest BCUT2D eigenvalue weighted by atomic mass is 16.3. The zero-order valence-corrected chi connectivity index (χ0v) is 10.7. The SMILES string of the molecule is CCCCC.CCCCCC(O)CC. The first-order valence-corrected chi connectivity index (χ1v) is 6.40. The summed E-state index contributed by atoms with van der Waals surface area (Å²) in [6.07, 6.45) is 9.62. The summed E-state index contributed by atoms with van der Waals surface area (Å²) in [6, 6.07) is 0. The van der Waals surface area contributed by atoms with Gasteiger partial charge in [-0.05, 0) is 12.8 Å². The van der Waals surface area contributed by atoms with Crippen LogP contribution in [0.25, 0.3) is 0 Å². The molecule has 1 atom stereocenters. The van der Waals surface area contributed by atoms with Crippen LogP contribution in [0.5, 0.6) is 0 Å². The fourth-order valence-electron chi connectivity index (χ4n) is 1.19. The van der Waals surface area contributed by atoms with Crippen LogP contribution < -0.4 is 0 Å². The lowest BCUT2D eigenvalue weighted by atomic mass is 10.1. The molecule has 0 saturated heterocycles. The molecule has 0 aromatic heterocycles. The Morgan fingerprint density at radius 1 is 0.786 bits per heavy atom. The molecule has 0 aliphatic heterocycles. The number of aliphatic hydroxyl groups is 1. The molecule has 0 saturated carbocycles. The van der Waals surface area contributed by atoms with Gasteiger partial charge in [0.15, 0.2) is 0 Å². The molecule has 88 valence electrons. The molecule has 0 amide bonds. The van der Waals surface area contributed by atoms with Gasteiger partial charge in [-0.25, -0.2) is 0 Å². The Hall–Kier alpha value is -0.0400. The smallest absolute Gasteiger partial charge is 0.0537 e. The molecule has 0 fully saturated rings. The van der Waals surface area contributed by atoms with Crippen LogP contribution in [0.2, 0.25) is 0 Å². The minimum atomic E-state index is -0.0449. The standard InChI is InChI=1S/C8H18O.C5H12/c1-3-5-6-7-8(9)4-2;1-3-5-4-2/h8-9H,3-7H2,1-2H3;3-5H2,1-2H3. The van der Waals surface area contributed by atoms with Crippen LogP contribution in [0.15, 0.2) is 0 Å². The third-order valence-corrected chi connectivity index (χ3v) is 2.32. The van der Waals surface area contributed by atoms with Crippen LogP contribution in [-0.2, 0) is 0 Å². The first kappa shape index (κ1) is 16.4. The Balaban J connectivity index is 0. The van der Waals surface area contributed by atoms with Crippen molar-refractivity contribution in [1.29, 1.82) is 0 Å². The van der Waals surface area contributed by atoms with Gasteiger partial charge in [-0.15, -0.1) is 0 Å². The Bertz CT molecular complexity index is 79.3. The zero-order chi connectivity index (χ0) is 11.2. The van der Waals surface area contributed by atoms with Crippen LogP contribution >= 0.6 is 0 Å². The molecule has 0 aromatic carbocycles. The van der Waals surface area contributed by atoms with Crippen molar-refractivity contribution in [1.82, 2.24) is 0 Å². The molecule has 1 heteroatoms. The lowest BCUT2D eigenvalue weighted by molar-refractivity contribution is 0.156. The van der Waals surface area contributed by atoms with Crippen molar-refractivity contribution in [2.24, 2.45) is 0 Å². The highest BCUT2D eigenvalue weighted by Gasteiger charge is 1.97. The zero-order valence-electron chi connectivity index (χ0n) is 10.7. The normalized spacial score (nSPS) is 11.8. The Labute approximate surface area is 90.9 Å². The molecule has 0 aliphatic rings. The molecule has 14 heavy (non-hydrogen) atoms. The maximum Gasteiger partial charge on any atom is 0.0537 e. The topological polar surface area (TPSA) is 20.2 Å². The summed E-state index contributed by atoms with van der Waals surface area (Å²) in [5.41, 5.74) is 0. The number of hydrogen-bond acceptors (Lipinski definition) is 1. The van der Waals surface area contributed by atoms with Gasteiger partial charge in [0.05, 0.1) is 6.10 Å². The summed E-state index contributed by atoms with van der Waals surface area (Å²) < 4.78 is 0. The van der Waals surface area contributed by atoms with Gasteiger partial charge in [-0.1, -0.05) is 66.2 Å². The minimum Gasteiger partial charge on any atom is -0.393 e. The van der Waals surface area contributed by atoms with Crippen molar-refractivity contribution in [3.05, 3.63) is 0 Å². The fourth-order valence-corrected chi connectivity index (χ4v) is 1.19. The van der Waals surface area contributed by atoms with Crippen LogP contribution in [-0.4, -0.2) is 11.2 Å². The van der Waals surface area contributed by atoms with E-state index in [1.54, 1.807) is 0 Å². The Kier molecular flexibility index (Phi) is 18.1. The summed E-state index contributed by atoms with van der Waals surface area (Å²) in [6.45, 7) is 8.63. The van der Waals surface area contributed by atoms with Crippen molar-refractivity contribution in [3.63, 3.8) is 0 Å². The highest BCUT2D eigenvalue weighted by molar-refractivity contribution is 4.51. The van der Waals surface area contributed by atoms with E-state index in [1.807, 2.05) is 6.92 Å². The molecule has 0 radical (unpaired) electrons. The molecule has 0 heterocycles. The second kappa shape index (κ2) is 15.4. The fraction of sp³-hybridized carbons (Fsp3) is 1.00. The maximum absolute atomic E-state index is 9.08. The summed E-state index contributed by atoms with van der Waals surface area (Å²) in [5, 5.41) is 9.08. The van der Waals surface area contributed by atoms with Crippen molar-refractivity contribution in [3.8, 4) is 0 Å². The minimum absolute atomic E-state index is 0.0449. The number of unbranched alkanes of at least 4 members (excludes halogenated alkanes) is 4. The first-order valence-electron chi connectivity index (χ1n) is 6.40. The maximum atomic E-state index is 9.08. The molecule has 1 N–H and O–H groups in total. The summed E-state index contributed by atoms with van der Waals surface area (Å²) in [5.74, 6) is 0. The molecule has 0 aliphatic carbocycles. The lowest BCUT2D eigenvalue weighted by Crippen LogP contribution is -2.02. The van der Waals surface area contributed by atoms with Gasteiger partial charge in [0.2, 0.25) is 0 Å². The van der Waals surface area contributed by atoms with E-state index in [2.05, 4.69) is 20.8 Å². The van der Waals surface area contributed by atoms with Crippen molar-refractivity contribution in [2.75, 3.05) is 0 Å². The average Bonchev–Trinajstić information content (AvgIpc) is 2.20. The predicted octanol–water partition coefficient (Wildman–Crippen LogP) is 4.53. The van der Waals surface area contributed by atoms with Gasteiger partial charge in [0.1, 0.15) is 0 Å². The van der Waals surface area contributed by atoms with Gasteiger partial charge in [-0.2, -0.15) is 0 Å². The Morgan fingerprint density at radius 2 is 1.29 bits per heavy atom. The van der Waals surface area contributed by atoms with Crippen LogP contribution in [0.3, 0.4) is 0 Å². The summed E-state index contributed by atoms with van der Waals surface area (Å²) in [4.78, 5) is 0. The van der Waals surface area contributed by atoms with Gasteiger partial charge < -0.3 is 5.11 Å². The lowest BCUT2D eigenvalue weighted by Gasteiger charge is -2.04. The summed E-state index contributed by atoms with van der Waals surface area (Å²) >= 11 is 0. The van der Waals surface area contributed by atoms with E-state index < -0.39 is 0 Å². The highest BCUT2D eigenvalue weighted by Crippen LogP contribution is 2.04. The first-order chi connectivity index (χ1) is 6.72. The quantitative estimate of drug-likeness (QED) is 0.601. The molecule has 1 unspecified atom stereocenters. The van der Waals surface area contributed by atoms with E-state index in [-0.39, 0.29) is 6.10 Å². The van der Waals surface area contributed by atoms with Crippen molar-refractivity contribution >= 4 is 0 Å². The van der Waals surface area contributed by atoms with Crippen molar-refractivity contribution in [2.45, 2.75) is 85.2 Å².